The lowest BCUT2D eigenvalue weighted by molar-refractivity contribution is -0.127. The van der Waals surface area contributed by atoms with Gasteiger partial charge < -0.3 is 20.3 Å². The van der Waals surface area contributed by atoms with Gasteiger partial charge in [-0.15, -0.1) is 24.0 Å². The van der Waals surface area contributed by atoms with Crippen LogP contribution in [-0.4, -0.2) is 57.6 Å². The van der Waals surface area contributed by atoms with E-state index >= 15 is 0 Å². The molecule has 0 aliphatic rings. The number of ether oxygens (including phenoxy) is 1. The van der Waals surface area contributed by atoms with Crippen LogP contribution in [0.5, 0.6) is 5.75 Å². The highest BCUT2D eigenvalue weighted by Crippen LogP contribution is 2.11. The van der Waals surface area contributed by atoms with E-state index in [1.807, 2.05) is 12.1 Å². The lowest BCUT2D eigenvalue weighted by Crippen LogP contribution is -2.41. The van der Waals surface area contributed by atoms with E-state index in [1.165, 1.54) is 5.56 Å². The Morgan fingerprint density at radius 3 is 2.30 bits per heavy atom. The minimum Gasteiger partial charge on any atom is -0.497 e. The maximum atomic E-state index is 11.8. The van der Waals surface area contributed by atoms with Crippen molar-refractivity contribution < 1.29 is 9.53 Å². The quantitative estimate of drug-likeness (QED) is 0.301. The fourth-order valence-corrected chi connectivity index (χ4v) is 2.40. The Kier molecular flexibility index (Phi) is 13.7. The lowest BCUT2D eigenvalue weighted by atomic mass is 10.0. The molecule has 0 saturated heterocycles. The highest BCUT2D eigenvalue weighted by molar-refractivity contribution is 14.0. The van der Waals surface area contributed by atoms with E-state index in [0.29, 0.717) is 11.9 Å². The molecule has 1 rings (SSSR count). The number of hydrogen-bond donors (Lipinski definition) is 2. The molecular formula is C20H35IN4O2. The van der Waals surface area contributed by atoms with Crippen LogP contribution in [0.2, 0.25) is 0 Å². The van der Waals surface area contributed by atoms with Crippen molar-refractivity contribution in [1.29, 1.82) is 0 Å². The number of aliphatic imine (C=N–C) groups is 1. The third kappa shape index (κ3) is 10.4. The van der Waals surface area contributed by atoms with Gasteiger partial charge >= 0.3 is 0 Å². The second-order valence-corrected chi connectivity index (χ2v) is 6.54. The van der Waals surface area contributed by atoms with E-state index in [-0.39, 0.29) is 36.4 Å². The first kappa shape index (κ1) is 25.5. The van der Waals surface area contributed by atoms with Crippen LogP contribution in [0.25, 0.3) is 0 Å². The van der Waals surface area contributed by atoms with E-state index in [2.05, 4.69) is 41.6 Å². The minimum absolute atomic E-state index is 0. The normalized spacial score (nSPS) is 11.0. The molecular weight excluding hydrogens is 455 g/mol. The molecule has 0 radical (unpaired) electrons. The van der Waals surface area contributed by atoms with Crippen molar-refractivity contribution in [3.8, 4) is 5.75 Å². The van der Waals surface area contributed by atoms with Crippen molar-refractivity contribution in [1.82, 2.24) is 15.5 Å². The number of nitrogens with one attached hydrogen (secondary N) is 2. The molecule has 1 amide bonds. The molecule has 0 spiro atoms. The molecule has 0 aliphatic heterocycles. The molecule has 1 aromatic carbocycles. The van der Waals surface area contributed by atoms with Gasteiger partial charge in [0.25, 0.3) is 0 Å². The van der Waals surface area contributed by atoms with Gasteiger partial charge in [-0.1, -0.05) is 38.8 Å². The molecule has 0 atom stereocenters. The van der Waals surface area contributed by atoms with Crippen LogP contribution in [0, 0.1) is 5.92 Å². The molecule has 7 heteroatoms. The molecule has 6 nitrogen and oxygen atoms in total. The number of methoxy groups -OCH3 is 1. The monoisotopic (exact) mass is 490 g/mol. The Morgan fingerprint density at radius 1 is 1.15 bits per heavy atom. The predicted octanol–water partition coefficient (Wildman–Crippen LogP) is 2.92. The fourth-order valence-electron chi connectivity index (χ4n) is 2.40. The Hall–Kier alpha value is -1.51. The molecule has 0 aromatic heterocycles. The van der Waals surface area contributed by atoms with Crippen molar-refractivity contribution in [2.24, 2.45) is 10.9 Å². The van der Waals surface area contributed by atoms with Gasteiger partial charge in [0.15, 0.2) is 5.96 Å². The van der Waals surface area contributed by atoms with Gasteiger partial charge in [0.05, 0.1) is 7.11 Å². The molecule has 2 N–H and O–H groups in total. The second-order valence-electron chi connectivity index (χ2n) is 6.54. The summed E-state index contributed by atoms with van der Waals surface area (Å²) in [7, 11) is 5.15. The topological polar surface area (TPSA) is 66.0 Å². The van der Waals surface area contributed by atoms with Gasteiger partial charge in [-0.3, -0.25) is 4.79 Å². The van der Waals surface area contributed by atoms with Gasteiger partial charge in [-0.05, 0) is 30.0 Å². The van der Waals surface area contributed by atoms with Crippen LogP contribution in [-0.2, 0) is 11.2 Å². The Labute approximate surface area is 181 Å². The average Bonchev–Trinajstić information content (AvgIpc) is 2.66. The first-order valence-electron chi connectivity index (χ1n) is 9.35. The van der Waals surface area contributed by atoms with Crippen molar-refractivity contribution in [2.75, 3.05) is 40.8 Å². The smallest absolute Gasteiger partial charge is 0.243 e. The molecule has 0 heterocycles. The summed E-state index contributed by atoms with van der Waals surface area (Å²) in [6.07, 6.45) is 3.12. The van der Waals surface area contributed by atoms with E-state index in [4.69, 9.17) is 4.74 Å². The Morgan fingerprint density at radius 2 is 1.78 bits per heavy atom. The first-order valence-corrected chi connectivity index (χ1v) is 9.35. The number of hydrogen-bond acceptors (Lipinski definition) is 3. The van der Waals surface area contributed by atoms with Gasteiger partial charge in [0.1, 0.15) is 12.3 Å². The van der Waals surface area contributed by atoms with Crippen molar-refractivity contribution >= 4 is 35.8 Å². The van der Waals surface area contributed by atoms with Crippen LogP contribution in [0.3, 0.4) is 0 Å². The average molecular weight is 490 g/mol. The predicted molar refractivity (Wildman–Crippen MR) is 123 cm³/mol. The Bertz CT molecular complexity index is 558. The molecule has 1 aromatic rings. The van der Waals surface area contributed by atoms with Crippen molar-refractivity contribution in [2.45, 2.75) is 33.1 Å². The molecule has 0 fully saturated rings. The zero-order chi connectivity index (χ0) is 19.4. The zero-order valence-corrected chi connectivity index (χ0v) is 19.6. The Balaban J connectivity index is 0.00000676. The number of guanidine groups is 1. The summed E-state index contributed by atoms with van der Waals surface area (Å²) in [6, 6.07) is 8.05. The first-order chi connectivity index (χ1) is 12.5. The number of benzene rings is 1. The summed E-state index contributed by atoms with van der Waals surface area (Å²) in [4.78, 5) is 17.8. The summed E-state index contributed by atoms with van der Waals surface area (Å²) in [5, 5.41) is 6.70. The highest BCUT2D eigenvalue weighted by atomic mass is 127. The summed E-state index contributed by atoms with van der Waals surface area (Å²) in [5.41, 5.74) is 1.22. The lowest BCUT2D eigenvalue weighted by Gasteiger charge is -2.17. The molecule has 0 bridgehead atoms. The summed E-state index contributed by atoms with van der Waals surface area (Å²) < 4.78 is 5.18. The fraction of sp³-hybridized carbons (Fsp3) is 0.600. The van der Waals surface area contributed by atoms with Crippen LogP contribution in [0.15, 0.2) is 29.3 Å². The van der Waals surface area contributed by atoms with Crippen molar-refractivity contribution in [3.05, 3.63) is 29.8 Å². The van der Waals surface area contributed by atoms with Gasteiger partial charge in [-0.25, -0.2) is 4.99 Å². The standard InChI is InChI=1S/C20H34N4O2.HI/c1-6-16(7-2)14-22-20(23-15-19(25)24(3)4)21-13-12-17-8-10-18(26-5)11-9-17;/h8-11,16H,6-7,12-15H2,1-5H3,(H2,21,22,23);1H. The van der Waals surface area contributed by atoms with Crippen molar-refractivity contribution in [3.63, 3.8) is 0 Å². The number of carbonyl (C=O) groups is 1. The molecule has 0 unspecified atom stereocenters. The van der Waals surface area contributed by atoms with Crippen LogP contribution >= 0.6 is 24.0 Å². The van der Waals surface area contributed by atoms with Crippen LogP contribution in [0.4, 0.5) is 0 Å². The molecule has 154 valence electrons. The van der Waals surface area contributed by atoms with Gasteiger partial charge in [-0.2, -0.15) is 0 Å². The largest absolute Gasteiger partial charge is 0.497 e. The minimum atomic E-state index is -0.0104. The third-order valence-corrected chi connectivity index (χ3v) is 4.45. The number of nitrogens with zero attached hydrogens (tertiary/aromatic N) is 2. The molecule has 27 heavy (non-hydrogen) atoms. The number of amides is 1. The zero-order valence-electron chi connectivity index (χ0n) is 17.2. The van der Waals surface area contributed by atoms with E-state index < -0.39 is 0 Å². The third-order valence-electron chi connectivity index (χ3n) is 4.45. The second kappa shape index (κ2) is 14.5. The molecule has 0 saturated carbocycles. The highest BCUT2D eigenvalue weighted by Gasteiger charge is 2.07. The van der Waals surface area contributed by atoms with E-state index in [0.717, 1.165) is 38.1 Å². The summed E-state index contributed by atoms with van der Waals surface area (Å²) >= 11 is 0. The number of likely N-dealkylation sites (N-methyl/N-ethyl adjacent to an activating group) is 1. The number of carbonyl (C=O) groups excluding carboxylic acids is 1. The SMILES string of the molecule is CCC(CC)CNC(=NCC(=O)N(C)C)NCCc1ccc(OC)cc1.I. The molecule has 0 aliphatic carbocycles. The maximum Gasteiger partial charge on any atom is 0.243 e. The van der Waals surface area contributed by atoms with Crippen LogP contribution < -0.4 is 15.4 Å². The van der Waals surface area contributed by atoms with Gasteiger partial charge in [0.2, 0.25) is 5.91 Å². The summed E-state index contributed by atoms with van der Waals surface area (Å²) in [5.74, 6) is 2.15. The van der Waals surface area contributed by atoms with E-state index in [1.54, 1.807) is 26.1 Å². The number of rotatable bonds is 10. The number of halogens is 1. The van der Waals surface area contributed by atoms with Gasteiger partial charge in [0, 0.05) is 27.2 Å². The summed E-state index contributed by atoms with van der Waals surface area (Å²) in [6.45, 7) is 6.14. The van der Waals surface area contributed by atoms with Crippen LogP contribution in [0.1, 0.15) is 32.3 Å². The maximum absolute atomic E-state index is 11.8. The van der Waals surface area contributed by atoms with E-state index in [9.17, 15) is 4.79 Å².